The van der Waals surface area contributed by atoms with Gasteiger partial charge in [0.15, 0.2) is 0 Å². The van der Waals surface area contributed by atoms with Gasteiger partial charge in [0.25, 0.3) is 5.91 Å². The summed E-state index contributed by atoms with van der Waals surface area (Å²) in [5, 5.41) is 9.04. The molecule has 37 heavy (non-hydrogen) atoms. The van der Waals surface area contributed by atoms with Crippen LogP contribution in [0, 0.1) is 5.92 Å². The molecule has 2 fully saturated rings. The summed E-state index contributed by atoms with van der Waals surface area (Å²) in [6.07, 6.45) is 7.10. The van der Waals surface area contributed by atoms with Gasteiger partial charge < -0.3 is 30.0 Å². The quantitative estimate of drug-likeness (QED) is 0.543. The van der Waals surface area contributed by atoms with Crippen LogP contribution in [0.5, 0.6) is 11.9 Å². The van der Waals surface area contributed by atoms with Crippen LogP contribution in [0.3, 0.4) is 0 Å². The Morgan fingerprint density at radius 3 is 2.59 bits per heavy atom. The highest BCUT2D eigenvalue weighted by Gasteiger charge is 2.31. The maximum Gasteiger partial charge on any atom is 0.321 e. The molecule has 1 aromatic heterocycles. The summed E-state index contributed by atoms with van der Waals surface area (Å²) < 4.78 is 17.1. The highest BCUT2D eigenvalue weighted by Crippen LogP contribution is 2.38. The zero-order valence-corrected chi connectivity index (χ0v) is 20.9. The summed E-state index contributed by atoms with van der Waals surface area (Å²) in [6.45, 7) is 1.80. The first-order chi connectivity index (χ1) is 18.0. The minimum absolute atomic E-state index is 0.0313. The van der Waals surface area contributed by atoms with Crippen LogP contribution in [-0.2, 0) is 9.53 Å². The van der Waals surface area contributed by atoms with Gasteiger partial charge in [-0.3, -0.25) is 9.59 Å². The van der Waals surface area contributed by atoms with Crippen molar-refractivity contribution in [2.24, 2.45) is 5.92 Å². The van der Waals surface area contributed by atoms with E-state index in [1.54, 1.807) is 4.90 Å². The highest BCUT2D eigenvalue weighted by molar-refractivity contribution is 6.10. The highest BCUT2D eigenvalue weighted by atomic mass is 16.5. The van der Waals surface area contributed by atoms with Gasteiger partial charge in [0.1, 0.15) is 18.0 Å². The molecule has 2 aliphatic heterocycles. The molecule has 0 radical (unpaired) electrons. The molecule has 1 saturated heterocycles. The maximum atomic E-state index is 13.4. The zero-order chi connectivity index (χ0) is 25.8. The van der Waals surface area contributed by atoms with Crippen molar-refractivity contribution in [2.75, 3.05) is 37.0 Å². The van der Waals surface area contributed by atoms with E-state index in [1.165, 1.54) is 5.56 Å². The number of aromatic nitrogens is 2. The average molecular weight is 511 g/mol. The van der Waals surface area contributed by atoms with Crippen LogP contribution < -0.4 is 20.1 Å². The SMILES string of the molecule is Nc1nc(OCCC2CCCO2)nc2c1C(=O)N(c1ccc(C3CCC(CC(=O)O)CC3)cc1)CCO2. The fourth-order valence-electron chi connectivity index (χ4n) is 5.55. The van der Waals surface area contributed by atoms with Gasteiger partial charge in [-0.05, 0) is 68.1 Å². The number of nitrogens with two attached hydrogens (primary N) is 1. The molecule has 1 atom stereocenters. The molecular weight excluding hydrogens is 476 g/mol. The maximum absolute atomic E-state index is 13.4. The summed E-state index contributed by atoms with van der Waals surface area (Å²) in [6, 6.07) is 8.10. The first-order valence-electron chi connectivity index (χ1n) is 13.2. The minimum atomic E-state index is -0.718. The molecule has 10 nitrogen and oxygen atoms in total. The predicted molar refractivity (Wildman–Crippen MR) is 136 cm³/mol. The molecule has 3 aliphatic rings. The lowest BCUT2D eigenvalue weighted by Crippen LogP contribution is -2.32. The Morgan fingerprint density at radius 1 is 1.11 bits per heavy atom. The number of nitrogens with zero attached hydrogens (tertiary/aromatic N) is 3. The van der Waals surface area contributed by atoms with Crippen molar-refractivity contribution in [1.82, 2.24) is 9.97 Å². The van der Waals surface area contributed by atoms with Crippen molar-refractivity contribution in [3.8, 4) is 11.9 Å². The van der Waals surface area contributed by atoms with E-state index in [0.29, 0.717) is 19.1 Å². The number of rotatable bonds is 8. The van der Waals surface area contributed by atoms with Crippen molar-refractivity contribution in [3.05, 3.63) is 35.4 Å². The number of aliphatic carboxylic acids is 1. The van der Waals surface area contributed by atoms with Crippen molar-refractivity contribution < 1.29 is 28.9 Å². The van der Waals surface area contributed by atoms with Crippen molar-refractivity contribution >= 4 is 23.4 Å². The monoisotopic (exact) mass is 510 g/mol. The first kappa shape index (κ1) is 25.3. The van der Waals surface area contributed by atoms with Crippen LogP contribution in [0.2, 0.25) is 0 Å². The standard InChI is InChI=1S/C27H34N4O6/c28-24-23-25(30-27(29-24)37-14-11-21-2-1-13-35-21)36-15-12-31(26(23)34)20-9-7-19(8-10-20)18-5-3-17(4-6-18)16-22(32)33/h7-10,17-18,21H,1-6,11-16H2,(H,32,33)(H2,28,29,30). The van der Waals surface area contributed by atoms with E-state index in [1.807, 2.05) is 12.1 Å². The summed E-state index contributed by atoms with van der Waals surface area (Å²) in [5.74, 6) is -0.179. The molecule has 2 aromatic rings. The molecule has 1 aromatic carbocycles. The molecule has 1 amide bonds. The second-order valence-electron chi connectivity index (χ2n) is 10.1. The van der Waals surface area contributed by atoms with Gasteiger partial charge in [-0.2, -0.15) is 9.97 Å². The lowest BCUT2D eigenvalue weighted by Gasteiger charge is -2.28. The number of carbonyl (C=O) groups is 2. The number of ether oxygens (including phenoxy) is 3. The van der Waals surface area contributed by atoms with Gasteiger partial charge in [0.2, 0.25) is 5.88 Å². The van der Waals surface area contributed by atoms with E-state index in [-0.39, 0.29) is 54.2 Å². The lowest BCUT2D eigenvalue weighted by molar-refractivity contribution is -0.138. The van der Waals surface area contributed by atoms with Gasteiger partial charge in [0.05, 0.1) is 19.3 Å². The number of hydrogen-bond donors (Lipinski definition) is 2. The van der Waals surface area contributed by atoms with Crippen LogP contribution in [0.25, 0.3) is 0 Å². The smallest absolute Gasteiger partial charge is 0.321 e. The number of hydrogen-bond acceptors (Lipinski definition) is 8. The Bertz CT molecular complexity index is 1110. The van der Waals surface area contributed by atoms with E-state index in [0.717, 1.165) is 57.2 Å². The predicted octanol–water partition coefficient (Wildman–Crippen LogP) is 3.79. The lowest BCUT2D eigenvalue weighted by atomic mass is 9.77. The van der Waals surface area contributed by atoms with Crippen LogP contribution >= 0.6 is 0 Å². The second kappa shape index (κ2) is 11.3. The third kappa shape index (κ3) is 5.95. The fraction of sp³-hybridized carbons (Fsp3) is 0.556. The Balaban J connectivity index is 1.24. The molecule has 1 saturated carbocycles. The summed E-state index contributed by atoms with van der Waals surface area (Å²) in [4.78, 5) is 34.6. The van der Waals surface area contributed by atoms with Crippen molar-refractivity contribution in [1.29, 1.82) is 0 Å². The van der Waals surface area contributed by atoms with E-state index in [2.05, 4.69) is 22.1 Å². The van der Waals surface area contributed by atoms with Crippen LogP contribution in [0.1, 0.15) is 73.2 Å². The Labute approximate surface area is 216 Å². The molecule has 198 valence electrons. The van der Waals surface area contributed by atoms with E-state index < -0.39 is 5.97 Å². The molecule has 0 spiro atoms. The molecule has 5 rings (SSSR count). The molecule has 3 heterocycles. The van der Waals surface area contributed by atoms with Gasteiger partial charge in [-0.1, -0.05) is 12.1 Å². The Kier molecular flexibility index (Phi) is 7.73. The summed E-state index contributed by atoms with van der Waals surface area (Å²) in [5.41, 5.74) is 8.29. The van der Waals surface area contributed by atoms with E-state index in [9.17, 15) is 9.59 Å². The second-order valence-corrected chi connectivity index (χ2v) is 10.1. The summed E-state index contributed by atoms with van der Waals surface area (Å²) >= 11 is 0. The topological polar surface area (TPSA) is 137 Å². The van der Waals surface area contributed by atoms with Crippen LogP contribution in [0.15, 0.2) is 24.3 Å². The van der Waals surface area contributed by atoms with Gasteiger partial charge in [-0.15, -0.1) is 0 Å². The Hall–Kier alpha value is -3.40. The number of benzene rings is 1. The summed E-state index contributed by atoms with van der Waals surface area (Å²) in [7, 11) is 0. The third-order valence-corrected chi connectivity index (χ3v) is 7.58. The number of anilines is 2. The van der Waals surface area contributed by atoms with E-state index >= 15 is 0 Å². The first-order valence-corrected chi connectivity index (χ1v) is 13.2. The van der Waals surface area contributed by atoms with Gasteiger partial charge in [0, 0.05) is 25.1 Å². The molecular formula is C27H34N4O6. The number of carboxylic acid groups (broad SMARTS) is 1. The fourth-order valence-corrected chi connectivity index (χ4v) is 5.55. The zero-order valence-electron chi connectivity index (χ0n) is 20.9. The van der Waals surface area contributed by atoms with E-state index in [4.69, 9.17) is 25.1 Å². The largest absolute Gasteiger partial charge is 0.481 e. The van der Waals surface area contributed by atoms with Crippen molar-refractivity contribution in [2.45, 2.75) is 63.4 Å². The number of fused-ring (bicyclic) bond motifs is 1. The molecule has 3 N–H and O–H groups in total. The van der Waals surface area contributed by atoms with Gasteiger partial charge >= 0.3 is 12.0 Å². The normalized spacial score (nSPS) is 23.7. The van der Waals surface area contributed by atoms with Crippen molar-refractivity contribution in [3.63, 3.8) is 0 Å². The molecule has 1 unspecified atom stereocenters. The molecule has 10 heteroatoms. The average Bonchev–Trinajstić information content (AvgIpc) is 3.34. The third-order valence-electron chi connectivity index (χ3n) is 7.58. The number of nitrogen functional groups attached to an aromatic ring is 1. The van der Waals surface area contributed by atoms with Crippen LogP contribution in [-0.4, -0.2) is 59.4 Å². The van der Waals surface area contributed by atoms with Gasteiger partial charge in [-0.25, -0.2) is 0 Å². The number of amides is 1. The Morgan fingerprint density at radius 2 is 1.89 bits per heavy atom. The molecule has 1 aliphatic carbocycles. The molecule has 0 bridgehead atoms. The number of carbonyl (C=O) groups excluding carboxylic acids is 1. The minimum Gasteiger partial charge on any atom is -0.481 e. The van der Waals surface area contributed by atoms with Crippen LogP contribution in [0.4, 0.5) is 11.5 Å². The number of carboxylic acids is 1.